The van der Waals surface area contributed by atoms with E-state index in [-0.39, 0.29) is 42.3 Å². The lowest BCUT2D eigenvalue weighted by Crippen LogP contribution is -2.40. The fraction of sp³-hybridized carbons (Fsp3) is 0.591. The molecular weight excluding hydrogens is 374 g/mol. The van der Waals surface area contributed by atoms with Gasteiger partial charge in [0.25, 0.3) is 5.91 Å². The van der Waals surface area contributed by atoms with Crippen molar-refractivity contribution in [2.45, 2.75) is 45.1 Å². The number of methoxy groups -OCH3 is 2. The van der Waals surface area contributed by atoms with E-state index in [2.05, 4.69) is 5.32 Å². The minimum absolute atomic E-state index is 0.0191. The first-order chi connectivity index (χ1) is 13.9. The van der Waals surface area contributed by atoms with Crippen molar-refractivity contribution in [3.8, 4) is 11.5 Å². The molecule has 3 rings (SSSR count). The summed E-state index contributed by atoms with van der Waals surface area (Å²) in [5.41, 5.74) is 0.769. The van der Waals surface area contributed by atoms with Gasteiger partial charge in [-0.3, -0.25) is 14.4 Å². The molecule has 3 atom stereocenters. The van der Waals surface area contributed by atoms with Crippen LogP contribution in [0, 0.1) is 17.8 Å². The zero-order valence-electron chi connectivity index (χ0n) is 17.2. The molecule has 1 amide bonds. The highest BCUT2D eigenvalue weighted by Crippen LogP contribution is 2.40. The molecule has 0 radical (unpaired) electrons. The van der Waals surface area contributed by atoms with Crippen molar-refractivity contribution < 1.29 is 28.6 Å². The lowest BCUT2D eigenvalue weighted by molar-refractivity contribution is -0.156. The zero-order chi connectivity index (χ0) is 21.0. The summed E-state index contributed by atoms with van der Waals surface area (Å²) in [6.07, 6.45) is 3.87. The van der Waals surface area contributed by atoms with Crippen LogP contribution in [0.15, 0.2) is 18.2 Å². The van der Waals surface area contributed by atoms with Crippen LogP contribution in [0.25, 0.3) is 0 Å². The summed E-state index contributed by atoms with van der Waals surface area (Å²) < 4.78 is 15.8. The van der Waals surface area contributed by atoms with E-state index in [0.717, 1.165) is 24.8 Å². The Labute approximate surface area is 171 Å². The number of carbonyl (C=O) groups excluding carboxylic acids is 3. The first-order valence-electron chi connectivity index (χ1n) is 10.1. The van der Waals surface area contributed by atoms with Crippen molar-refractivity contribution >= 4 is 17.7 Å². The molecule has 0 aliphatic heterocycles. The molecule has 2 fully saturated rings. The van der Waals surface area contributed by atoms with Gasteiger partial charge in [-0.25, -0.2) is 0 Å². The third-order valence-corrected chi connectivity index (χ3v) is 6.01. The van der Waals surface area contributed by atoms with Gasteiger partial charge in [-0.1, -0.05) is 6.42 Å². The SMILES string of the molecule is COc1ccc(OC)c(C(C)NC(=O)COC(=O)C2CC3CCCC(C2)C3=O)c1. The second kappa shape index (κ2) is 9.29. The van der Waals surface area contributed by atoms with Gasteiger partial charge in [-0.05, 0) is 50.8 Å². The summed E-state index contributed by atoms with van der Waals surface area (Å²) in [5, 5.41) is 2.82. The average Bonchev–Trinajstić information content (AvgIpc) is 2.71. The molecular formula is C22H29NO6. The predicted octanol–water partition coefficient (Wildman–Crippen LogP) is 2.82. The third-order valence-electron chi connectivity index (χ3n) is 6.01. The standard InChI is InChI=1S/C22H29NO6/c1-13(18-11-17(27-2)7-8-19(18)28-3)23-20(24)12-29-22(26)16-9-14-5-4-6-15(10-16)21(14)25/h7-8,11,13-16H,4-6,9-10,12H2,1-3H3,(H,23,24). The monoisotopic (exact) mass is 403 g/mol. The van der Waals surface area contributed by atoms with E-state index in [1.807, 2.05) is 6.92 Å². The molecule has 2 bridgehead atoms. The third kappa shape index (κ3) is 4.89. The van der Waals surface area contributed by atoms with Crippen LogP contribution in [0.3, 0.4) is 0 Å². The van der Waals surface area contributed by atoms with E-state index in [1.165, 1.54) is 0 Å². The highest BCUT2D eigenvalue weighted by atomic mass is 16.5. The van der Waals surface area contributed by atoms with Crippen LogP contribution in [0.5, 0.6) is 11.5 Å². The van der Waals surface area contributed by atoms with Crippen molar-refractivity contribution in [1.82, 2.24) is 5.32 Å². The number of hydrogen-bond acceptors (Lipinski definition) is 6. The van der Waals surface area contributed by atoms with Crippen molar-refractivity contribution in [3.63, 3.8) is 0 Å². The lowest BCUT2D eigenvalue weighted by atomic mass is 9.67. The molecule has 29 heavy (non-hydrogen) atoms. The number of esters is 1. The van der Waals surface area contributed by atoms with Crippen LogP contribution in [0.4, 0.5) is 0 Å². The summed E-state index contributed by atoms with van der Waals surface area (Å²) in [4.78, 5) is 36.9. The molecule has 2 aliphatic rings. The van der Waals surface area contributed by atoms with Gasteiger partial charge in [-0.2, -0.15) is 0 Å². The molecule has 1 aromatic rings. The molecule has 3 unspecified atom stereocenters. The van der Waals surface area contributed by atoms with E-state index in [1.54, 1.807) is 32.4 Å². The Morgan fingerprint density at radius 1 is 1.14 bits per heavy atom. The Morgan fingerprint density at radius 2 is 1.83 bits per heavy atom. The minimum Gasteiger partial charge on any atom is -0.497 e. The Hall–Kier alpha value is -2.57. The Bertz CT molecular complexity index is 761. The molecule has 0 heterocycles. The molecule has 1 N–H and O–H groups in total. The van der Waals surface area contributed by atoms with Gasteiger partial charge in [0, 0.05) is 17.4 Å². The summed E-state index contributed by atoms with van der Waals surface area (Å²) in [7, 11) is 3.13. The van der Waals surface area contributed by atoms with Crippen LogP contribution in [-0.2, 0) is 19.1 Å². The number of rotatable bonds is 7. The summed E-state index contributed by atoms with van der Waals surface area (Å²) >= 11 is 0. The van der Waals surface area contributed by atoms with Gasteiger partial charge in [0.2, 0.25) is 0 Å². The molecule has 2 saturated carbocycles. The molecule has 0 aromatic heterocycles. The highest BCUT2D eigenvalue weighted by molar-refractivity contribution is 5.88. The van der Waals surface area contributed by atoms with Crippen LogP contribution in [0.2, 0.25) is 0 Å². The van der Waals surface area contributed by atoms with Gasteiger partial charge in [-0.15, -0.1) is 0 Å². The molecule has 7 heteroatoms. The Morgan fingerprint density at radius 3 is 2.45 bits per heavy atom. The Balaban J connectivity index is 1.52. The van der Waals surface area contributed by atoms with Crippen molar-refractivity contribution in [2.75, 3.05) is 20.8 Å². The number of ether oxygens (including phenoxy) is 3. The maximum atomic E-state index is 12.4. The maximum absolute atomic E-state index is 12.4. The van der Waals surface area contributed by atoms with E-state index < -0.39 is 0 Å². The number of amides is 1. The van der Waals surface area contributed by atoms with Gasteiger partial charge in [0.15, 0.2) is 6.61 Å². The number of nitrogens with one attached hydrogen (secondary N) is 1. The van der Waals surface area contributed by atoms with Gasteiger partial charge in [0.05, 0.1) is 26.2 Å². The van der Waals surface area contributed by atoms with Crippen LogP contribution < -0.4 is 14.8 Å². The van der Waals surface area contributed by atoms with Crippen LogP contribution >= 0.6 is 0 Å². The topological polar surface area (TPSA) is 90.9 Å². The molecule has 0 saturated heterocycles. The highest BCUT2D eigenvalue weighted by Gasteiger charge is 2.41. The van der Waals surface area contributed by atoms with Gasteiger partial charge >= 0.3 is 5.97 Å². The number of ketones is 1. The molecule has 7 nitrogen and oxygen atoms in total. The second-order valence-electron chi connectivity index (χ2n) is 7.90. The summed E-state index contributed by atoms with van der Waals surface area (Å²) in [6, 6.07) is 5.01. The number of fused-ring (bicyclic) bond motifs is 2. The fourth-order valence-electron chi connectivity index (χ4n) is 4.47. The second-order valence-corrected chi connectivity index (χ2v) is 7.90. The molecule has 158 valence electrons. The van der Waals surface area contributed by atoms with Crippen molar-refractivity contribution in [2.24, 2.45) is 17.8 Å². The molecule has 2 aliphatic carbocycles. The maximum Gasteiger partial charge on any atom is 0.309 e. The van der Waals surface area contributed by atoms with E-state index >= 15 is 0 Å². The number of benzene rings is 1. The number of Topliss-reactive ketones (excluding diaryl/α,β-unsaturated/α-hetero) is 1. The first kappa shape index (κ1) is 21.1. The zero-order valence-corrected chi connectivity index (χ0v) is 17.2. The largest absolute Gasteiger partial charge is 0.497 e. The lowest BCUT2D eigenvalue weighted by Gasteiger charge is -2.36. The summed E-state index contributed by atoms with van der Waals surface area (Å²) in [5.74, 6) is 0.508. The number of hydrogen-bond donors (Lipinski definition) is 1. The van der Waals surface area contributed by atoms with Crippen molar-refractivity contribution in [3.05, 3.63) is 23.8 Å². The van der Waals surface area contributed by atoms with E-state index in [0.29, 0.717) is 30.1 Å². The van der Waals surface area contributed by atoms with Crippen LogP contribution in [-0.4, -0.2) is 38.5 Å². The summed E-state index contributed by atoms with van der Waals surface area (Å²) in [6.45, 7) is 1.49. The fourth-order valence-corrected chi connectivity index (χ4v) is 4.47. The van der Waals surface area contributed by atoms with E-state index in [4.69, 9.17) is 14.2 Å². The quantitative estimate of drug-likeness (QED) is 0.704. The van der Waals surface area contributed by atoms with E-state index in [9.17, 15) is 14.4 Å². The Kier molecular flexibility index (Phi) is 6.77. The van der Waals surface area contributed by atoms with Crippen LogP contribution in [0.1, 0.15) is 50.6 Å². The molecule has 1 aromatic carbocycles. The van der Waals surface area contributed by atoms with Gasteiger partial charge < -0.3 is 19.5 Å². The first-order valence-corrected chi connectivity index (χ1v) is 10.1. The van der Waals surface area contributed by atoms with Gasteiger partial charge in [0.1, 0.15) is 17.3 Å². The molecule has 0 spiro atoms. The normalized spacial score (nSPS) is 24.4. The smallest absolute Gasteiger partial charge is 0.309 e. The minimum atomic E-state index is -0.386. The number of carbonyl (C=O) groups is 3. The predicted molar refractivity (Wildman–Crippen MR) is 106 cm³/mol. The van der Waals surface area contributed by atoms with Crippen molar-refractivity contribution in [1.29, 1.82) is 0 Å². The average molecular weight is 403 g/mol.